The minimum absolute atomic E-state index is 0.0168. The third-order valence-electron chi connectivity index (χ3n) is 5.18. The lowest BCUT2D eigenvalue weighted by molar-refractivity contribution is 0.0918. The van der Waals surface area contributed by atoms with E-state index in [0.717, 1.165) is 25.7 Å². The van der Waals surface area contributed by atoms with Crippen molar-refractivity contribution in [2.75, 3.05) is 6.54 Å². The maximum Gasteiger partial charge on any atom is 0.272 e. The average molecular weight is 352 g/mol. The standard InChI is InChI=1S/C20H24N4O2/c21-18(25)16-17(23-13-12-22-16)19(26)24-14-20(10-6-1-2-7-11-20)15-8-4-3-5-9-15/h3-5,8-9,12-13H,1-2,6-7,10-11,14H2,(H2,21,25)(H,24,26). The number of hydrogen-bond donors (Lipinski definition) is 2. The number of hydrogen-bond acceptors (Lipinski definition) is 4. The molecule has 3 rings (SSSR count). The molecule has 1 heterocycles. The smallest absolute Gasteiger partial charge is 0.272 e. The zero-order chi connectivity index (χ0) is 18.4. The summed E-state index contributed by atoms with van der Waals surface area (Å²) in [5, 5.41) is 2.98. The van der Waals surface area contributed by atoms with Crippen molar-refractivity contribution >= 4 is 11.8 Å². The second-order valence-electron chi connectivity index (χ2n) is 6.86. The predicted molar refractivity (Wildman–Crippen MR) is 98.7 cm³/mol. The van der Waals surface area contributed by atoms with Gasteiger partial charge in [-0.3, -0.25) is 9.59 Å². The Hall–Kier alpha value is -2.76. The van der Waals surface area contributed by atoms with Gasteiger partial charge in [0.2, 0.25) is 0 Å². The molecule has 1 saturated carbocycles. The maximum atomic E-state index is 12.7. The number of nitrogens with two attached hydrogens (primary N) is 1. The van der Waals surface area contributed by atoms with Crippen molar-refractivity contribution in [3.8, 4) is 0 Å². The van der Waals surface area contributed by atoms with Crippen LogP contribution in [0.1, 0.15) is 65.1 Å². The Kier molecular flexibility index (Phi) is 5.61. The van der Waals surface area contributed by atoms with Crippen molar-refractivity contribution in [2.24, 2.45) is 5.73 Å². The van der Waals surface area contributed by atoms with Gasteiger partial charge in [-0.05, 0) is 18.4 Å². The van der Waals surface area contributed by atoms with E-state index < -0.39 is 11.8 Å². The Morgan fingerprint density at radius 1 is 0.962 bits per heavy atom. The monoisotopic (exact) mass is 352 g/mol. The number of primary amides is 1. The third-order valence-corrected chi connectivity index (χ3v) is 5.18. The molecule has 2 aromatic rings. The first-order chi connectivity index (χ1) is 12.6. The number of nitrogens with zero attached hydrogens (tertiary/aromatic N) is 2. The van der Waals surface area contributed by atoms with Crippen LogP contribution in [0, 0.1) is 0 Å². The fraction of sp³-hybridized carbons (Fsp3) is 0.400. The van der Waals surface area contributed by atoms with E-state index in [1.165, 1.54) is 30.8 Å². The van der Waals surface area contributed by atoms with Crippen molar-refractivity contribution < 1.29 is 9.59 Å². The number of amides is 2. The van der Waals surface area contributed by atoms with Crippen molar-refractivity contribution in [3.63, 3.8) is 0 Å². The normalized spacial score (nSPS) is 16.5. The lowest BCUT2D eigenvalue weighted by Gasteiger charge is -2.34. The lowest BCUT2D eigenvalue weighted by Crippen LogP contribution is -2.41. The van der Waals surface area contributed by atoms with Crippen LogP contribution >= 0.6 is 0 Å². The molecule has 1 aliphatic rings. The number of nitrogens with one attached hydrogen (secondary N) is 1. The van der Waals surface area contributed by atoms with Gasteiger partial charge in [0, 0.05) is 24.4 Å². The summed E-state index contributed by atoms with van der Waals surface area (Å²) >= 11 is 0. The quantitative estimate of drug-likeness (QED) is 0.808. The summed E-state index contributed by atoms with van der Waals surface area (Å²) in [5.74, 6) is -1.16. The molecule has 0 bridgehead atoms. The molecular weight excluding hydrogens is 328 g/mol. The summed E-state index contributed by atoms with van der Waals surface area (Å²) in [6, 6.07) is 10.4. The van der Waals surface area contributed by atoms with E-state index in [-0.39, 0.29) is 16.8 Å². The van der Waals surface area contributed by atoms with E-state index in [4.69, 9.17) is 5.73 Å². The molecule has 2 amide bonds. The van der Waals surface area contributed by atoms with Crippen LogP contribution in [0.25, 0.3) is 0 Å². The fourth-order valence-electron chi connectivity index (χ4n) is 3.78. The Balaban J connectivity index is 1.82. The van der Waals surface area contributed by atoms with Gasteiger partial charge in [0.25, 0.3) is 11.8 Å². The largest absolute Gasteiger partial charge is 0.364 e. The van der Waals surface area contributed by atoms with Crippen LogP contribution in [0.15, 0.2) is 42.7 Å². The average Bonchev–Trinajstić information content (AvgIpc) is 2.93. The van der Waals surface area contributed by atoms with Crippen LogP contribution < -0.4 is 11.1 Å². The SMILES string of the molecule is NC(=O)c1nccnc1C(=O)NCC1(c2ccccc2)CCCCCC1. The second-order valence-corrected chi connectivity index (χ2v) is 6.86. The molecule has 0 atom stereocenters. The summed E-state index contributed by atoms with van der Waals surface area (Å²) in [5.41, 5.74) is 6.35. The Morgan fingerprint density at radius 2 is 1.58 bits per heavy atom. The van der Waals surface area contributed by atoms with E-state index in [2.05, 4.69) is 27.4 Å². The number of benzene rings is 1. The van der Waals surface area contributed by atoms with Crippen molar-refractivity contribution in [1.29, 1.82) is 0 Å². The number of carbonyl (C=O) groups excluding carboxylic acids is 2. The Labute approximate surface area is 153 Å². The van der Waals surface area contributed by atoms with E-state index in [0.29, 0.717) is 6.54 Å². The molecule has 6 nitrogen and oxygen atoms in total. The minimum Gasteiger partial charge on any atom is -0.364 e. The zero-order valence-corrected chi connectivity index (χ0v) is 14.8. The van der Waals surface area contributed by atoms with Crippen LogP contribution in [-0.2, 0) is 5.41 Å². The molecule has 1 aliphatic carbocycles. The molecule has 3 N–H and O–H groups in total. The molecule has 1 aromatic carbocycles. The van der Waals surface area contributed by atoms with E-state index in [1.54, 1.807) is 0 Å². The number of rotatable bonds is 5. The number of aromatic nitrogens is 2. The highest BCUT2D eigenvalue weighted by Crippen LogP contribution is 2.37. The fourth-order valence-corrected chi connectivity index (χ4v) is 3.78. The van der Waals surface area contributed by atoms with Gasteiger partial charge >= 0.3 is 0 Å². The van der Waals surface area contributed by atoms with E-state index >= 15 is 0 Å². The van der Waals surface area contributed by atoms with Crippen LogP contribution in [-0.4, -0.2) is 28.3 Å². The highest BCUT2D eigenvalue weighted by Gasteiger charge is 2.33. The van der Waals surface area contributed by atoms with Gasteiger partial charge in [0.1, 0.15) is 0 Å². The zero-order valence-electron chi connectivity index (χ0n) is 14.8. The molecule has 136 valence electrons. The molecule has 0 radical (unpaired) electrons. The first-order valence-electron chi connectivity index (χ1n) is 9.07. The maximum absolute atomic E-state index is 12.7. The molecule has 0 unspecified atom stereocenters. The van der Waals surface area contributed by atoms with Crippen LogP contribution in [0.2, 0.25) is 0 Å². The molecule has 1 fully saturated rings. The molecule has 0 aliphatic heterocycles. The highest BCUT2D eigenvalue weighted by atomic mass is 16.2. The molecular formula is C20H24N4O2. The van der Waals surface area contributed by atoms with Gasteiger partial charge in [-0.25, -0.2) is 9.97 Å². The summed E-state index contributed by atoms with van der Waals surface area (Å²) in [7, 11) is 0. The summed E-state index contributed by atoms with van der Waals surface area (Å²) in [6.07, 6.45) is 9.52. The van der Waals surface area contributed by atoms with Crippen molar-refractivity contribution in [1.82, 2.24) is 15.3 Å². The lowest BCUT2D eigenvalue weighted by atomic mass is 9.74. The topological polar surface area (TPSA) is 98.0 Å². The van der Waals surface area contributed by atoms with Crippen LogP contribution in [0.3, 0.4) is 0 Å². The van der Waals surface area contributed by atoms with Gasteiger partial charge in [-0.2, -0.15) is 0 Å². The van der Waals surface area contributed by atoms with Gasteiger partial charge in [-0.15, -0.1) is 0 Å². The minimum atomic E-state index is -0.754. The Morgan fingerprint density at radius 3 is 2.19 bits per heavy atom. The predicted octanol–water partition coefficient (Wildman–Crippen LogP) is 2.60. The van der Waals surface area contributed by atoms with Crippen LogP contribution in [0.5, 0.6) is 0 Å². The molecule has 1 aromatic heterocycles. The summed E-state index contributed by atoms with van der Waals surface area (Å²) in [6.45, 7) is 0.505. The van der Waals surface area contributed by atoms with E-state index in [1.807, 2.05) is 18.2 Å². The van der Waals surface area contributed by atoms with Gasteiger partial charge in [0.15, 0.2) is 11.4 Å². The molecule has 0 saturated heterocycles. The molecule has 6 heteroatoms. The van der Waals surface area contributed by atoms with E-state index in [9.17, 15) is 9.59 Å². The summed E-state index contributed by atoms with van der Waals surface area (Å²) < 4.78 is 0. The Bertz CT molecular complexity index is 768. The van der Waals surface area contributed by atoms with Gasteiger partial charge in [0.05, 0.1) is 0 Å². The van der Waals surface area contributed by atoms with Gasteiger partial charge < -0.3 is 11.1 Å². The van der Waals surface area contributed by atoms with Crippen molar-refractivity contribution in [3.05, 3.63) is 59.7 Å². The first-order valence-corrected chi connectivity index (χ1v) is 9.07. The highest BCUT2D eigenvalue weighted by molar-refractivity contribution is 6.03. The third kappa shape index (κ3) is 3.90. The van der Waals surface area contributed by atoms with Crippen molar-refractivity contribution in [2.45, 2.75) is 43.9 Å². The molecule has 0 spiro atoms. The van der Waals surface area contributed by atoms with Gasteiger partial charge in [-0.1, -0.05) is 56.0 Å². The second kappa shape index (κ2) is 8.08. The summed E-state index contributed by atoms with van der Waals surface area (Å²) in [4.78, 5) is 32.0. The molecule has 26 heavy (non-hydrogen) atoms. The number of carbonyl (C=O) groups is 2. The first kappa shape index (κ1) is 18.0. The van der Waals surface area contributed by atoms with Crippen LogP contribution in [0.4, 0.5) is 0 Å².